The zero-order valence-corrected chi connectivity index (χ0v) is 27.6. The molecule has 45 heavy (non-hydrogen) atoms. The summed E-state index contributed by atoms with van der Waals surface area (Å²) in [5.41, 5.74) is 4.48. The lowest BCUT2D eigenvalue weighted by atomic mass is 9.82. The molecule has 10 heteroatoms. The smallest absolute Gasteiger partial charge is 0.252 e. The molecule has 7 nitrogen and oxygen atoms in total. The molecule has 2 heterocycles. The molecule has 0 unspecified atom stereocenters. The predicted molar refractivity (Wildman–Crippen MR) is 178 cm³/mol. The summed E-state index contributed by atoms with van der Waals surface area (Å²) in [4.78, 5) is 30.7. The molecular weight excluding hydrogens is 633 g/mol. The second kappa shape index (κ2) is 13.6. The first-order chi connectivity index (χ1) is 21.7. The van der Waals surface area contributed by atoms with Crippen molar-refractivity contribution in [2.24, 2.45) is 0 Å². The van der Waals surface area contributed by atoms with Crippen molar-refractivity contribution < 1.29 is 19.1 Å². The normalized spacial score (nSPS) is 19.4. The molecule has 2 aliphatic heterocycles. The van der Waals surface area contributed by atoms with E-state index in [1.165, 1.54) is 0 Å². The molecule has 1 saturated heterocycles. The van der Waals surface area contributed by atoms with Crippen LogP contribution in [0.15, 0.2) is 66.2 Å². The molecule has 1 N–H and O–H groups in total. The summed E-state index contributed by atoms with van der Waals surface area (Å²) in [5, 5.41) is 5.26. The number of hydrogen-bond donors (Lipinski definition) is 1. The number of nitrogens with zero attached hydrogens (tertiary/aromatic N) is 2. The third-order valence-corrected chi connectivity index (χ3v) is 9.74. The Bertz CT molecular complexity index is 1620. The summed E-state index contributed by atoms with van der Waals surface area (Å²) >= 11 is 18.9. The zero-order valence-electron chi connectivity index (χ0n) is 25.3. The molecule has 0 aromatic heterocycles. The number of carbonyl (C=O) groups is 2. The third-order valence-electron chi connectivity index (χ3n) is 8.65. The summed E-state index contributed by atoms with van der Waals surface area (Å²) < 4.78 is 11.8. The van der Waals surface area contributed by atoms with Gasteiger partial charge in [-0.1, -0.05) is 59.1 Å². The van der Waals surface area contributed by atoms with E-state index in [2.05, 4.69) is 5.32 Å². The highest BCUT2D eigenvalue weighted by atomic mass is 35.5. The van der Waals surface area contributed by atoms with Crippen LogP contribution in [0.1, 0.15) is 42.9 Å². The summed E-state index contributed by atoms with van der Waals surface area (Å²) in [6.45, 7) is 5.74. The molecule has 1 aliphatic carbocycles. The highest BCUT2D eigenvalue weighted by Gasteiger charge is 2.43. The highest BCUT2D eigenvalue weighted by Crippen LogP contribution is 2.38. The van der Waals surface area contributed by atoms with Gasteiger partial charge in [0.25, 0.3) is 5.91 Å². The van der Waals surface area contributed by atoms with E-state index in [-0.39, 0.29) is 29.9 Å². The van der Waals surface area contributed by atoms with Crippen molar-refractivity contribution >= 4 is 52.2 Å². The van der Waals surface area contributed by atoms with Crippen LogP contribution in [-0.4, -0.2) is 66.0 Å². The molecule has 0 radical (unpaired) electrons. The van der Waals surface area contributed by atoms with E-state index in [1.54, 1.807) is 19.1 Å². The van der Waals surface area contributed by atoms with Gasteiger partial charge in [0.15, 0.2) is 0 Å². The Morgan fingerprint density at radius 3 is 2.44 bits per heavy atom. The van der Waals surface area contributed by atoms with E-state index >= 15 is 0 Å². The fourth-order valence-electron chi connectivity index (χ4n) is 6.22. The average molecular weight is 669 g/mol. The van der Waals surface area contributed by atoms with Crippen LogP contribution in [-0.2, 0) is 16.1 Å². The Hall–Kier alpha value is -3.23. The summed E-state index contributed by atoms with van der Waals surface area (Å²) in [5.74, 6) is 1.49. The minimum atomic E-state index is -0.274. The molecule has 1 saturated carbocycles. The van der Waals surface area contributed by atoms with Gasteiger partial charge in [0.1, 0.15) is 24.7 Å². The van der Waals surface area contributed by atoms with Gasteiger partial charge in [0.05, 0.1) is 16.1 Å². The topological polar surface area (TPSA) is 71.1 Å². The predicted octanol–water partition coefficient (Wildman–Crippen LogP) is 6.95. The molecule has 2 bridgehead atoms. The summed E-state index contributed by atoms with van der Waals surface area (Å²) in [6, 6.07) is 18.9. The number of aryl methyl sites for hydroxylation is 1. The Labute approximate surface area is 279 Å². The molecule has 6 rings (SSSR count). The quantitative estimate of drug-likeness (QED) is 0.237. The number of halogens is 3. The summed E-state index contributed by atoms with van der Waals surface area (Å²) in [7, 11) is 0. The van der Waals surface area contributed by atoms with Crippen LogP contribution in [0.3, 0.4) is 0 Å². The number of hydrogen-bond acceptors (Lipinski definition) is 5. The number of ether oxygens (including phenoxy) is 2. The molecule has 0 spiro atoms. The van der Waals surface area contributed by atoms with Crippen molar-refractivity contribution in [2.45, 2.75) is 57.8 Å². The van der Waals surface area contributed by atoms with Crippen LogP contribution < -0.4 is 14.8 Å². The Kier molecular flexibility index (Phi) is 9.62. The molecule has 2 amide bonds. The van der Waals surface area contributed by atoms with Crippen LogP contribution in [0.4, 0.5) is 0 Å². The maximum atomic E-state index is 14.5. The highest BCUT2D eigenvalue weighted by molar-refractivity contribution is 6.42. The van der Waals surface area contributed by atoms with E-state index in [1.807, 2.05) is 65.3 Å². The van der Waals surface area contributed by atoms with Crippen molar-refractivity contribution in [3.8, 4) is 11.5 Å². The van der Waals surface area contributed by atoms with Gasteiger partial charge < -0.3 is 24.6 Å². The molecule has 2 atom stereocenters. The van der Waals surface area contributed by atoms with Crippen LogP contribution >= 0.6 is 34.8 Å². The van der Waals surface area contributed by atoms with Gasteiger partial charge in [-0.25, -0.2) is 0 Å². The number of benzene rings is 3. The molecule has 236 valence electrons. The first kappa shape index (κ1) is 31.7. The van der Waals surface area contributed by atoms with Crippen LogP contribution in [0.25, 0.3) is 5.57 Å². The minimum Gasteiger partial charge on any atom is -0.490 e. The van der Waals surface area contributed by atoms with Gasteiger partial charge >= 0.3 is 0 Å². The van der Waals surface area contributed by atoms with Crippen molar-refractivity contribution in [1.29, 1.82) is 0 Å². The molecule has 3 aromatic carbocycles. The van der Waals surface area contributed by atoms with E-state index in [0.717, 1.165) is 46.6 Å². The fraction of sp³-hybridized carbons (Fsp3) is 0.371. The Morgan fingerprint density at radius 1 is 0.978 bits per heavy atom. The minimum absolute atomic E-state index is 0.0169. The number of amides is 2. The van der Waals surface area contributed by atoms with Gasteiger partial charge in [-0.2, -0.15) is 0 Å². The maximum Gasteiger partial charge on any atom is 0.252 e. The van der Waals surface area contributed by atoms with Crippen molar-refractivity contribution in [3.63, 3.8) is 0 Å². The second-order valence-corrected chi connectivity index (χ2v) is 13.2. The molecule has 2 fully saturated rings. The van der Waals surface area contributed by atoms with Crippen molar-refractivity contribution in [3.05, 3.63) is 98.0 Å². The van der Waals surface area contributed by atoms with Crippen LogP contribution in [0.2, 0.25) is 15.1 Å². The Balaban J connectivity index is 1.24. The standard InChI is InChI=1S/C35H36Cl3N3O4/c1-21-16-25(36)8-13-32(21)45-15-14-44-28-11-6-23(7-12-28)29-17-26-19-40(22(2)42)20-31(39-26)33(29)35(43)41(27-9-10-27)18-24-4-3-5-30(37)34(24)38/h3-8,11-13,16,26-27,31,39H,9-10,14-15,17-20H2,1-2H3/t26-,31-/m1/s1. The van der Waals surface area contributed by atoms with Crippen molar-refractivity contribution in [1.82, 2.24) is 15.1 Å². The van der Waals surface area contributed by atoms with Crippen LogP contribution in [0.5, 0.6) is 11.5 Å². The molecular formula is C35H36Cl3N3O4. The maximum absolute atomic E-state index is 14.5. The Morgan fingerprint density at radius 2 is 1.73 bits per heavy atom. The molecule has 3 aromatic rings. The summed E-state index contributed by atoms with van der Waals surface area (Å²) in [6.07, 6.45) is 2.52. The number of nitrogens with one attached hydrogen (secondary N) is 1. The monoisotopic (exact) mass is 667 g/mol. The lowest BCUT2D eigenvalue weighted by molar-refractivity contribution is -0.132. The van der Waals surface area contributed by atoms with E-state index in [4.69, 9.17) is 44.3 Å². The third kappa shape index (κ3) is 7.28. The van der Waals surface area contributed by atoms with E-state index < -0.39 is 0 Å². The van der Waals surface area contributed by atoms with Crippen molar-refractivity contribution in [2.75, 3.05) is 26.3 Å². The van der Waals surface area contributed by atoms with Gasteiger partial charge in [0, 0.05) is 49.2 Å². The second-order valence-electron chi connectivity index (χ2n) is 11.9. The lowest BCUT2D eigenvalue weighted by Crippen LogP contribution is -2.61. The average Bonchev–Trinajstić information content (AvgIpc) is 3.86. The van der Waals surface area contributed by atoms with Crippen LogP contribution in [0, 0.1) is 6.92 Å². The van der Waals surface area contributed by atoms with Gasteiger partial charge in [-0.05, 0) is 84.8 Å². The number of rotatable bonds is 10. The van der Waals surface area contributed by atoms with E-state index in [0.29, 0.717) is 59.9 Å². The fourth-order valence-corrected chi connectivity index (χ4v) is 6.83. The van der Waals surface area contributed by atoms with Gasteiger partial charge in [0.2, 0.25) is 5.91 Å². The zero-order chi connectivity index (χ0) is 31.7. The first-order valence-electron chi connectivity index (χ1n) is 15.3. The lowest BCUT2D eigenvalue weighted by Gasteiger charge is -2.44. The largest absolute Gasteiger partial charge is 0.490 e. The van der Waals surface area contributed by atoms with Gasteiger partial charge in [-0.15, -0.1) is 0 Å². The SMILES string of the molecule is CC(=O)N1C[C@H]2CC(c3ccc(OCCOc4ccc(Cl)cc4C)cc3)=C(C(=O)N(Cc3cccc(Cl)c3Cl)C3CC3)[C@@H](C1)N2. The number of carbonyl (C=O) groups excluding carboxylic acids is 2. The first-order valence-corrected chi connectivity index (χ1v) is 16.4. The van der Waals surface area contributed by atoms with Gasteiger partial charge in [-0.3, -0.25) is 9.59 Å². The number of piperazine rings is 1. The molecule has 3 aliphatic rings. The number of fused-ring (bicyclic) bond motifs is 2. The van der Waals surface area contributed by atoms with E-state index in [9.17, 15) is 9.59 Å².